The van der Waals surface area contributed by atoms with Gasteiger partial charge in [-0.3, -0.25) is 0 Å². The van der Waals surface area contributed by atoms with Crippen LogP contribution in [0.25, 0.3) is 0 Å². The molecule has 0 amide bonds. The molecule has 4 heteroatoms. The van der Waals surface area contributed by atoms with Gasteiger partial charge in [0.05, 0.1) is 9.94 Å². The Kier molecular flexibility index (Phi) is 3.95. The van der Waals surface area contributed by atoms with E-state index in [0.29, 0.717) is 6.54 Å². The third kappa shape index (κ3) is 3.96. The molecule has 1 unspecified atom stereocenters. The van der Waals surface area contributed by atoms with Gasteiger partial charge in [-0.05, 0) is 32.9 Å². The van der Waals surface area contributed by atoms with E-state index in [-0.39, 0.29) is 6.04 Å². The van der Waals surface area contributed by atoms with Crippen molar-refractivity contribution in [2.24, 2.45) is 0 Å². The lowest BCUT2D eigenvalue weighted by molar-refractivity contribution is 0.0771. The average Bonchev–Trinajstić information content (AvgIpc) is 2.46. The number of aliphatic hydroxyl groups is 1. The van der Waals surface area contributed by atoms with Gasteiger partial charge in [0.1, 0.15) is 0 Å². The van der Waals surface area contributed by atoms with E-state index >= 15 is 0 Å². The molecule has 0 aliphatic carbocycles. The molecular weight excluding hydrogens is 218 g/mol. The number of nitrogens with one attached hydrogen (secondary N) is 1. The van der Waals surface area contributed by atoms with Crippen LogP contribution in [0.5, 0.6) is 0 Å². The monoisotopic (exact) mass is 233 g/mol. The summed E-state index contributed by atoms with van der Waals surface area (Å²) in [7, 11) is 0. The molecule has 80 valence electrons. The van der Waals surface area contributed by atoms with E-state index in [0.717, 1.165) is 4.34 Å². The average molecular weight is 234 g/mol. The summed E-state index contributed by atoms with van der Waals surface area (Å²) in [5.41, 5.74) is -0.671. The van der Waals surface area contributed by atoms with Gasteiger partial charge >= 0.3 is 0 Å². The van der Waals surface area contributed by atoms with E-state index < -0.39 is 5.60 Å². The van der Waals surface area contributed by atoms with E-state index in [2.05, 4.69) is 12.2 Å². The van der Waals surface area contributed by atoms with Gasteiger partial charge in [0, 0.05) is 17.5 Å². The zero-order valence-electron chi connectivity index (χ0n) is 8.67. The quantitative estimate of drug-likeness (QED) is 0.838. The van der Waals surface area contributed by atoms with Crippen molar-refractivity contribution < 1.29 is 5.11 Å². The van der Waals surface area contributed by atoms with Crippen LogP contribution in [0.2, 0.25) is 4.34 Å². The maximum absolute atomic E-state index is 9.53. The molecule has 1 aromatic heterocycles. The highest BCUT2D eigenvalue weighted by atomic mass is 35.5. The zero-order valence-corrected chi connectivity index (χ0v) is 10.2. The Balaban J connectivity index is 2.47. The molecule has 0 saturated heterocycles. The summed E-state index contributed by atoms with van der Waals surface area (Å²) in [6.07, 6.45) is 0. The highest BCUT2D eigenvalue weighted by molar-refractivity contribution is 7.16. The van der Waals surface area contributed by atoms with E-state index in [1.54, 1.807) is 25.2 Å². The summed E-state index contributed by atoms with van der Waals surface area (Å²) in [6, 6.07) is 4.14. The summed E-state index contributed by atoms with van der Waals surface area (Å²) in [5, 5.41) is 12.8. The van der Waals surface area contributed by atoms with Gasteiger partial charge in [-0.25, -0.2) is 0 Å². The van der Waals surface area contributed by atoms with Crippen molar-refractivity contribution in [3.63, 3.8) is 0 Å². The summed E-state index contributed by atoms with van der Waals surface area (Å²) in [4.78, 5) is 1.19. The molecular formula is C10H16ClNOS. The molecule has 2 N–H and O–H groups in total. The van der Waals surface area contributed by atoms with Gasteiger partial charge in [0.2, 0.25) is 0 Å². The van der Waals surface area contributed by atoms with Crippen molar-refractivity contribution in [1.82, 2.24) is 5.32 Å². The molecule has 0 bridgehead atoms. The Morgan fingerprint density at radius 1 is 1.57 bits per heavy atom. The van der Waals surface area contributed by atoms with E-state index in [1.807, 2.05) is 12.1 Å². The number of rotatable bonds is 4. The second-order valence-electron chi connectivity index (χ2n) is 4.06. The minimum atomic E-state index is -0.671. The Bertz CT molecular complexity index is 293. The summed E-state index contributed by atoms with van der Waals surface area (Å²) in [6.45, 7) is 6.21. The van der Waals surface area contributed by atoms with Crippen molar-refractivity contribution in [3.8, 4) is 0 Å². The maximum Gasteiger partial charge on any atom is 0.0931 e. The van der Waals surface area contributed by atoms with Crippen LogP contribution >= 0.6 is 22.9 Å². The fraction of sp³-hybridized carbons (Fsp3) is 0.600. The molecule has 0 aliphatic rings. The van der Waals surface area contributed by atoms with Crippen molar-refractivity contribution in [2.45, 2.75) is 32.4 Å². The SMILES string of the molecule is CC(NCC(C)(C)O)c1ccc(Cl)s1. The van der Waals surface area contributed by atoms with Crippen molar-refractivity contribution in [3.05, 3.63) is 21.3 Å². The number of halogens is 1. The smallest absolute Gasteiger partial charge is 0.0931 e. The number of thiophene rings is 1. The molecule has 1 atom stereocenters. The van der Waals surface area contributed by atoms with Gasteiger partial charge in [0.15, 0.2) is 0 Å². The minimum absolute atomic E-state index is 0.235. The predicted octanol–water partition coefficient (Wildman–Crippen LogP) is 2.82. The Morgan fingerprint density at radius 3 is 2.64 bits per heavy atom. The van der Waals surface area contributed by atoms with Gasteiger partial charge in [-0.15, -0.1) is 11.3 Å². The zero-order chi connectivity index (χ0) is 10.8. The number of hydrogen-bond acceptors (Lipinski definition) is 3. The fourth-order valence-electron chi connectivity index (χ4n) is 1.06. The van der Waals surface area contributed by atoms with Gasteiger partial charge in [-0.2, -0.15) is 0 Å². The topological polar surface area (TPSA) is 32.3 Å². The molecule has 2 nitrogen and oxygen atoms in total. The van der Waals surface area contributed by atoms with E-state index in [9.17, 15) is 5.11 Å². The normalized spacial score (nSPS) is 14.4. The van der Waals surface area contributed by atoms with Crippen molar-refractivity contribution in [1.29, 1.82) is 0 Å². The van der Waals surface area contributed by atoms with Gasteiger partial charge < -0.3 is 10.4 Å². The standard InChI is InChI=1S/C10H16ClNOS/c1-7(12-6-10(2,3)13)8-4-5-9(11)14-8/h4-5,7,12-13H,6H2,1-3H3. The van der Waals surface area contributed by atoms with Gasteiger partial charge in [0.25, 0.3) is 0 Å². The first kappa shape index (κ1) is 12.0. The highest BCUT2D eigenvalue weighted by Crippen LogP contribution is 2.26. The Hall–Kier alpha value is -0.0900. The van der Waals surface area contributed by atoms with E-state index in [4.69, 9.17) is 11.6 Å². The molecule has 1 rings (SSSR count). The molecule has 0 spiro atoms. The lowest BCUT2D eigenvalue weighted by Crippen LogP contribution is -2.35. The minimum Gasteiger partial charge on any atom is -0.389 e. The van der Waals surface area contributed by atoms with Crippen LogP contribution in [-0.4, -0.2) is 17.3 Å². The Labute approximate surface area is 93.9 Å². The molecule has 0 fully saturated rings. The molecule has 1 heterocycles. The molecule has 0 saturated carbocycles. The van der Waals surface area contributed by atoms with Crippen LogP contribution in [-0.2, 0) is 0 Å². The van der Waals surface area contributed by atoms with Crippen LogP contribution in [0.4, 0.5) is 0 Å². The molecule has 0 aliphatic heterocycles. The van der Waals surface area contributed by atoms with Crippen LogP contribution in [0.15, 0.2) is 12.1 Å². The lowest BCUT2D eigenvalue weighted by Gasteiger charge is -2.20. The van der Waals surface area contributed by atoms with Crippen LogP contribution in [0.3, 0.4) is 0 Å². The third-order valence-electron chi connectivity index (χ3n) is 1.86. The van der Waals surface area contributed by atoms with Gasteiger partial charge in [-0.1, -0.05) is 11.6 Å². The molecule has 1 aromatic rings. The van der Waals surface area contributed by atoms with Crippen molar-refractivity contribution >= 4 is 22.9 Å². The first-order valence-electron chi connectivity index (χ1n) is 4.59. The van der Waals surface area contributed by atoms with Crippen LogP contribution in [0.1, 0.15) is 31.7 Å². The second-order valence-corrected chi connectivity index (χ2v) is 5.80. The number of hydrogen-bond donors (Lipinski definition) is 2. The summed E-state index contributed by atoms with van der Waals surface area (Å²) < 4.78 is 0.803. The first-order chi connectivity index (χ1) is 6.38. The Morgan fingerprint density at radius 2 is 2.21 bits per heavy atom. The van der Waals surface area contributed by atoms with Crippen LogP contribution in [0, 0.1) is 0 Å². The summed E-state index contributed by atoms with van der Waals surface area (Å²) in [5.74, 6) is 0. The molecule has 0 aromatic carbocycles. The van der Waals surface area contributed by atoms with Crippen molar-refractivity contribution in [2.75, 3.05) is 6.54 Å². The lowest BCUT2D eigenvalue weighted by atomic mass is 10.1. The predicted molar refractivity (Wildman–Crippen MR) is 62.0 cm³/mol. The second kappa shape index (κ2) is 4.62. The molecule has 0 radical (unpaired) electrons. The first-order valence-corrected chi connectivity index (χ1v) is 5.79. The van der Waals surface area contributed by atoms with Crippen LogP contribution < -0.4 is 5.32 Å². The summed E-state index contributed by atoms with van der Waals surface area (Å²) >= 11 is 7.40. The third-order valence-corrected chi connectivity index (χ3v) is 3.28. The largest absolute Gasteiger partial charge is 0.389 e. The van der Waals surface area contributed by atoms with E-state index in [1.165, 1.54) is 4.88 Å². The maximum atomic E-state index is 9.53. The fourth-order valence-corrected chi connectivity index (χ4v) is 2.15. The highest BCUT2D eigenvalue weighted by Gasteiger charge is 2.15. The molecule has 14 heavy (non-hydrogen) atoms.